The van der Waals surface area contributed by atoms with Crippen LogP contribution in [0, 0.1) is 0 Å². The Balaban J connectivity index is 2.09. The number of nitrogens with zero attached hydrogens (tertiary/aromatic N) is 3. The van der Waals surface area contributed by atoms with Gasteiger partial charge in [-0.1, -0.05) is 18.7 Å². The number of nitrogens with one attached hydrogen (secondary N) is 1. The van der Waals surface area contributed by atoms with E-state index in [0.717, 1.165) is 37.4 Å². The number of hydrogen-bond donors (Lipinski definition) is 1. The maximum atomic E-state index is 12.2. The predicted octanol–water partition coefficient (Wildman–Crippen LogP) is 1.37. The SMILES string of the molecule is CCNC1(C(=O)OC)CCCC(Sc2nncn2C)C1. The molecule has 0 amide bonds. The Morgan fingerprint density at radius 1 is 1.70 bits per heavy atom. The zero-order valence-electron chi connectivity index (χ0n) is 12.3. The second-order valence-electron chi connectivity index (χ2n) is 5.16. The predicted molar refractivity (Wildman–Crippen MR) is 77.5 cm³/mol. The van der Waals surface area contributed by atoms with Gasteiger partial charge in [-0.3, -0.25) is 4.79 Å². The Morgan fingerprint density at radius 3 is 3.10 bits per heavy atom. The summed E-state index contributed by atoms with van der Waals surface area (Å²) in [6.07, 6.45) is 5.40. The fourth-order valence-corrected chi connectivity index (χ4v) is 4.06. The third kappa shape index (κ3) is 3.15. The fraction of sp³-hybridized carbons (Fsp3) is 0.769. The molecule has 0 aliphatic heterocycles. The van der Waals surface area contributed by atoms with Crippen LogP contribution in [-0.2, 0) is 16.6 Å². The minimum absolute atomic E-state index is 0.150. The van der Waals surface area contributed by atoms with Crippen molar-refractivity contribution < 1.29 is 9.53 Å². The van der Waals surface area contributed by atoms with Gasteiger partial charge < -0.3 is 14.6 Å². The van der Waals surface area contributed by atoms with Crippen LogP contribution in [0.25, 0.3) is 0 Å². The maximum Gasteiger partial charge on any atom is 0.326 e. The average Bonchev–Trinajstić information content (AvgIpc) is 2.84. The third-order valence-electron chi connectivity index (χ3n) is 3.74. The summed E-state index contributed by atoms with van der Waals surface area (Å²) in [4.78, 5) is 12.2. The highest BCUT2D eigenvalue weighted by Gasteiger charge is 2.43. The van der Waals surface area contributed by atoms with Crippen molar-refractivity contribution in [2.45, 2.75) is 48.6 Å². The summed E-state index contributed by atoms with van der Waals surface area (Å²) >= 11 is 1.70. The molecule has 1 aromatic rings. The highest BCUT2D eigenvalue weighted by Crippen LogP contribution is 2.38. The number of hydrogen-bond acceptors (Lipinski definition) is 6. The van der Waals surface area contributed by atoms with Gasteiger partial charge in [-0.15, -0.1) is 10.2 Å². The summed E-state index contributed by atoms with van der Waals surface area (Å²) in [5, 5.41) is 12.6. The summed E-state index contributed by atoms with van der Waals surface area (Å²) < 4.78 is 6.92. The van der Waals surface area contributed by atoms with Gasteiger partial charge in [-0.05, 0) is 32.2 Å². The van der Waals surface area contributed by atoms with Crippen LogP contribution in [0.2, 0.25) is 0 Å². The highest BCUT2D eigenvalue weighted by molar-refractivity contribution is 7.99. The van der Waals surface area contributed by atoms with Crippen molar-refractivity contribution in [3.63, 3.8) is 0 Å². The van der Waals surface area contributed by atoms with E-state index in [9.17, 15) is 4.79 Å². The van der Waals surface area contributed by atoms with Crippen LogP contribution in [0.1, 0.15) is 32.6 Å². The average molecular weight is 298 g/mol. The number of aromatic nitrogens is 3. The maximum absolute atomic E-state index is 12.2. The van der Waals surface area contributed by atoms with Gasteiger partial charge in [-0.2, -0.15) is 0 Å². The van der Waals surface area contributed by atoms with Gasteiger partial charge in [0.1, 0.15) is 11.9 Å². The third-order valence-corrected chi connectivity index (χ3v) is 5.06. The molecule has 20 heavy (non-hydrogen) atoms. The van der Waals surface area contributed by atoms with Gasteiger partial charge in [0.05, 0.1) is 7.11 Å². The van der Waals surface area contributed by atoms with Gasteiger partial charge in [0.15, 0.2) is 5.16 Å². The van der Waals surface area contributed by atoms with Crippen LogP contribution < -0.4 is 5.32 Å². The van der Waals surface area contributed by atoms with Gasteiger partial charge in [0, 0.05) is 12.3 Å². The van der Waals surface area contributed by atoms with Crippen molar-refractivity contribution in [3.05, 3.63) is 6.33 Å². The van der Waals surface area contributed by atoms with Crippen molar-refractivity contribution in [3.8, 4) is 0 Å². The molecule has 112 valence electrons. The molecule has 1 aromatic heterocycles. The molecule has 0 radical (unpaired) electrons. The number of aryl methyl sites for hydroxylation is 1. The molecule has 2 unspecified atom stereocenters. The number of methoxy groups -OCH3 is 1. The van der Waals surface area contributed by atoms with Crippen molar-refractivity contribution in [2.24, 2.45) is 7.05 Å². The summed E-state index contributed by atoms with van der Waals surface area (Å²) in [5.74, 6) is -0.150. The Morgan fingerprint density at radius 2 is 2.50 bits per heavy atom. The van der Waals surface area contributed by atoms with Gasteiger partial charge in [-0.25, -0.2) is 0 Å². The summed E-state index contributed by atoms with van der Waals surface area (Å²) in [6, 6.07) is 0. The summed E-state index contributed by atoms with van der Waals surface area (Å²) in [6.45, 7) is 2.78. The van der Waals surface area contributed by atoms with E-state index in [1.165, 1.54) is 7.11 Å². The second-order valence-corrected chi connectivity index (χ2v) is 6.43. The number of rotatable bonds is 5. The van der Waals surface area contributed by atoms with Crippen molar-refractivity contribution in [2.75, 3.05) is 13.7 Å². The van der Waals surface area contributed by atoms with Gasteiger partial charge in [0.25, 0.3) is 0 Å². The first-order valence-electron chi connectivity index (χ1n) is 6.95. The molecule has 1 heterocycles. The lowest BCUT2D eigenvalue weighted by Crippen LogP contribution is -2.56. The van der Waals surface area contributed by atoms with Crippen molar-refractivity contribution in [1.29, 1.82) is 0 Å². The lowest BCUT2D eigenvalue weighted by atomic mass is 9.81. The zero-order valence-corrected chi connectivity index (χ0v) is 13.1. The molecule has 2 rings (SSSR count). The first-order chi connectivity index (χ1) is 9.61. The molecule has 0 bridgehead atoms. The van der Waals surface area contributed by atoms with Crippen molar-refractivity contribution >= 4 is 17.7 Å². The summed E-state index contributed by atoms with van der Waals surface area (Å²) in [7, 11) is 3.39. The number of esters is 1. The number of carbonyl (C=O) groups excluding carboxylic acids is 1. The molecule has 7 heteroatoms. The van der Waals surface area contributed by atoms with E-state index in [1.54, 1.807) is 18.1 Å². The quantitative estimate of drug-likeness (QED) is 0.828. The standard InChI is InChI=1S/C13H22N4O2S/c1-4-14-13(11(18)19-3)7-5-6-10(8-13)20-12-16-15-9-17(12)2/h9-10,14H,4-8H2,1-3H3. The molecule has 1 saturated carbocycles. The Kier molecular flexibility index (Phi) is 5.04. The Hall–Kier alpha value is -1.08. The molecule has 1 aliphatic carbocycles. The van der Waals surface area contributed by atoms with Crippen molar-refractivity contribution in [1.82, 2.24) is 20.1 Å². The highest BCUT2D eigenvalue weighted by atomic mass is 32.2. The topological polar surface area (TPSA) is 69.0 Å². The van der Waals surface area contributed by atoms with Crippen LogP contribution in [-0.4, -0.2) is 45.2 Å². The number of likely N-dealkylation sites (N-methyl/N-ethyl adjacent to an activating group) is 1. The number of carbonyl (C=O) groups is 1. The van der Waals surface area contributed by atoms with E-state index in [1.807, 2.05) is 18.5 Å². The molecule has 1 fully saturated rings. The minimum Gasteiger partial charge on any atom is -0.468 e. The van der Waals surface area contributed by atoms with E-state index in [4.69, 9.17) is 4.74 Å². The molecular weight excluding hydrogens is 276 g/mol. The molecule has 1 aliphatic rings. The molecule has 1 N–H and O–H groups in total. The number of thioether (sulfide) groups is 1. The van der Waals surface area contributed by atoms with E-state index >= 15 is 0 Å². The second kappa shape index (κ2) is 6.58. The largest absolute Gasteiger partial charge is 0.468 e. The van der Waals surface area contributed by atoms with Crippen LogP contribution >= 0.6 is 11.8 Å². The van der Waals surface area contributed by atoms with Crippen LogP contribution in [0.4, 0.5) is 0 Å². The minimum atomic E-state index is -0.544. The fourth-order valence-electron chi connectivity index (χ4n) is 2.81. The molecule has 0 aromatic carbocycles. The molecular formula is C13H22N4O2S. The Labute approximate surface area is 123 Å². The lowest BCUT2D eigenvalue weighted by Gasteiger charge is -2.38. The van der Waals surface area contributed by atoms with E-state index in [-0.39, 0.29) is 5.97 Å². The van der Waals surface area contributed by atoms with Gasteiger partial charge >= 0.3 is 5.97 Å². The molecule has 0 saturated heterocycles. The lowest BCUT2D eigenvalue weighted by molar-refractivity contribution is -0.150. The van der Waals surface area contributed by atoms with Crippen LogP contribution in [0.3, 0.4) is 0 Å². The molecule has 6 nitrogen and oxygen atoms in total. The van der Waals surface area contributed by atoms with Gasteiger partial charge in [0.2, 0.25) is 0 Å². The molecule has 0 spiro atoms. The first-order valence-corrected chi connectivity index (χ1v) is 7.83. The van der Waals surface area contributed by atoms with Crippen LogP contribution in [0.5, 0.6) is 0 Å². The monoisotopic (exact) mass is 298 g/mol. The Bertz CT molecular complexity index is 461. The van der Waals surface area contributed by atoms with E-state index in [2.05, 4.69) is 15.5 Å². The smallest absolute Gasteiger partial charge is 0.326 e. The first kappa shape index (κ1) is 15.3. The van der Waals surface area contributed by atoms with Crippen LogP contribution in [0.15, 0.2) is 11.5 Å². The van der Waals surface area contributed by atoms with E-state index < -0.39 is 5.54 Å². The molecule has 2 atom stereocenters. The number of ether oxygens (including phenoxy) is 1. The normalized spacial score (nSPS) is 26.4. The zero-order chi connectivity index (χ0) is 14.6. The van der Waals surface area contributed by atoms with E-state index in [0.29, 0.717) is 5.25 Å². The summed E-state index contributed by atoms with van der Waals surface area (Å²) in [5.41, 5.74) is -0.544.